The predicted octanol–water partition coefficient (Wildman–Crippen LogP) is 1.87. The van der Waals surface area contributed by atoms with Crippen LogP contribution in [0.25, 0.3) is 0 Å². The van der Waals surface area contributed by atoms with Gasteiger partial charge in [0.1, 0.15) is 9.34 Å². The molecule has 20 heavy (non-hydrogen) atoms. The van der Waals surface area contributed by atoms with Crippen molar-refractivity contribution in [1.29, 1.82) is 0 Å². The van der Waals surface area contributed by atoms with Crippen LogP contribution in [-0.2, 0) is 22.5 Å². The minimum Gasteiger partial charge on any atom is -0.469 e. The minimum atomic E-state index is -0.201. The zero-order chi connectivity index (χ0) is 14.1. The molecule has 1 atom stereocenters. The molecule has 1 unspecified atom stereocenters. The summed E-state index contributed by atoms with van der Waals surface area (Å²) in [6.45, 7) is 1.20. The van der Waals surface area contributed by atoms with Gasteiger partial charge < -0.3 is 9.64 Å². The third-order valence-electron chi connectivity index (χ3n) is 3.31. The van der Waals surface area contributed by atoms with E-state index in [0.29, 0.717) is 23.8 Å². The van der Waals surface area contributed by atoms with Crippen molar-refractivity contribution in [3.05, 3.63) is 27.4 Å². The number of carbonyl (C=O) groups is 1. The summed E-state index contributed by atoms with van der Waals surface area (Å²) in [6.07, 6.45) is 4.04. The van der Waals surface area contributed by atoms with Crippen molar-refractivity contribution in [2.75, 3.05) is 18.6 Å². The average molecular weight is 313 g/mol. The number of thiazole rings is 1. The third kappa shape index (κ3) is 2.51. The number of fused-ring (bicyclic) bond motifs is 1. The van der Waals surface area contributed by atoms with Crippen LogP contribution in [0.5, 0.6) is 0 Å². The van der Waals surface area contributed by atoms with Gasteiger partial charge >= 0.3 is 5.97 Å². The molecule has 3 rings (SSSR count). The Bertz CT molecular complexity index is 627. The maximum Gasteiger partial charge on any atom is 0.310 e. The van der Waals surface area contributed by atoms with Crippen LogP contribution in [0, 0.1) is 5.92 Å². The maximum absolute atomic E-state index is 11.8. The van der Waals surface area contributed by atoms with Crippen molar-refractivity contribution in [3.63, 3.8) is 0 Å². The molecule has 1 N–H and O–H groups in total. The number of anilines is 1. The summed E-state index contributed by atoms with van der Waals surface area (Å²) >= 11 is 7.34. The molecule has 6 nitrogen and oxygen atoms in total. The number of nitrogens with one attached hydrogen (secondary N) is 1. The van der Waals surface area contributed by atoms with Crippen molar-refractivity contribution in [2.45, 2.75) is 13.0 Å². The van der Waals surface area contributed by atoms with E-state index in [1.807, 2.05) is 0 Å². The monoisotopic (exact) mass is 312 g/mol. The SMILES string of the molecule is COC(=O)C1Cc2[nH]ncc2N(Cc2ncc(Cl)s2)C1. The smallest absolute Gasteiger partial charge is 0.310 e. The lowest BCUT2D eigenvalue weighted by molar-refractivity contribution is -0.145. The summed E-state index contributed by atoms with van der Waals surface area (Å²) in [5.41, 5.74) is 1.96. The van der Waals surface area contributed by atoms with E-state index in [0.717, 1.165) is 16.4 Å². The Balaban J connectivity index is 1.84. The highest BCUT2D eigenvalue weighted by atomic mass is 35.5. The molecule has 0 saturated heterocycles. The highest BCUT2D eigenvalue weighted by Crippen LogP contribution is 2.31. The number of nitrogens with zero attached hydrogens (tertiary/aromatic N) is 3. The number of rotatable bonds is 3. The highest BCUT2D eigenvalue weighted by molar-refractivity contribution is 7.15. The van der Waals surface area contributed by atoms with Gasteiger partial charge in [-0.25, -0.2) is 4.98 Å². The van der Waals surface area contributed by atoms with Gasteiger partial charge in [-0.3, -0.25) is 9.89 Å². The number of halogens is 1. The number of methoxy groups -OCH3 is 1. The normalized spacial score (nSPS) is 17.9. The van der Waals surface area contributed by atoms with Gasteiger partial charge in [0.15, 0.2) is 0 Å². The Morgan fingerprint density at radius 2 is 2.50 bits per heavy atom. The first-order valence-corrected chi connectivity index (χ1v) is 7.32. The highest BCUT2D eigenvalue weighted by Gasteiger charge is 2.31. The largest absolute Gasteiger partial charge is 0.469 e. The summed E-state index contributed by atoms with van der Waals surface area (Å²) in [5, 5.41) is 7.91. The Kier molecular flexibility index (Phi) is 3.62. The first-order chi connectivity index (χ1) is 9.67. The van der Waals surface area contributed by atoms with Crippen LogP contribution in [0.1, 0.15) is 10.7 Å². The number of esters is 1. The van der Waals surface area contributed by atoms with Crippen LogP contribution in [0.15, 0.2) is 12.4 Å². The summed E-state index contributed by atoms with van der Waals surface area (Å²) < 4.78 is 5.51. The lowest BCUT2D eigenvalue weighted by Crippen LogP contribution is -2.38. The molecular weight excluding hydrogens is 300 g/mol. The minimum absolute atomic E-state index is 0.191. The fourth-order valence-electron chi connectivity index (χ4n) is 2.40. The van der Waals surface area contributed by atoms with Crippen LogP contribution in [0.3, 0.4) is 0 Å². The Hall–Kier alpha value is -1.60. The van der Waals surface area contributed by atoms with Crippen LogP contribution >= 0.6 is 22.9 Å². The number of hydrogen-bond acceptors (Lipinski definition) is 6. The molecule has 0 radical (unpaired) electrons. The van der Waals surface area contributed by atoms with E-state index in [9.17, 15) is 4.79 Å². The number of aromatic amines is 1. The molecule has 1 aliphatic heterocycles. The lowest BCUT2D eigenvalue weighted by atomic mass is 9.97. The van der Waals surface area contributed by atoms with Gasteiger partial charge in [0.05, 0.1) is 43.3 Å². The van der Waals surface area contributed by atoms with Crippen LogP contribution in [0.4, 0.5) is 5.69 Å². The Morgan fingerprint density at radius 3 is 3.20 bits per heavy atom. The summed E-state index contributed by atoms with van der Waals surface area (Å²) in [4.78, 5) is 18.1. The molecule has 0 aromatic carbocycles. The van der Waals surface area contributed by atoms with Gasteiger partial charge in [-0.05, 0) is 0 Å². The molecule has 8 heteroatoms. The van der Waals surface area contributed by atoms with Crippen molar-refractivity contribution in [1.82, 2.24) is 15.2 Å². The van der Waals surface area contributed by atoms with Gasteiger partial charge in [0.25, 0.3) is 0 Å². The quantitative estimate of drug-likeness (QED) is 0.876. The molecule has 3 heterocycles. The van der Waals surface area contributed by atoms with E-state index in [2.05, 4.69) is 20.1 Å². The first-order valence-electron chi connectivity index (χ1n) is 6.12. The number of carbonyl (C=O) groups excluding carboxylic acids is 1. The topological polar surface area (TPSA) is 71.1 Å². The van der Waals surface area contributed by atoms with Crippen LogP contribution in [-0.4, -0.2) is 34.8 Å². The average Bonchev–Trinajstić information content (AvgIpc) is 3.06. The molecule has 0 fully saturated rings. The number of H-pyrrole nitrogens is 1. The van der Waals surface area contributed by atoms with Gasteiger partial charge in [0, 0.05) is 13.0 Å². The molecule has 2 aromatic heterocycles. The van der Waals surface area contributed by atoms with Crippen molar-refractivity contribution in [2.24, 2.45) is 5.92 Å². The summed E-state index contributed by atoms with van der Waals surface area (Å²) in [6, 6.07) is 0. The molecule has 0 bridgehead atoms. The maximum atomic E-state index is 11.8. The fraction of sp³-hybridized carbons (Fsp3) is 0.417. The van der Waals surface area contributed by atoms with E-state index in [1.165, 1.54) is 18.4 Å². The zero-order valence-corrected chi connectivity index (χ0v) is 12.4. The van der Waals surface area contributed by atoms with Gasteiger partial charge in [-0.1, -0.05) is 11.6 Å². The molecule has 0 spiro atoms. The third-order valence-corrected chi connectivity index (χ3v) is 4.41. The summed E-state index contributed by atoms with van der Waals surface area (Å²) in [7, 11) is 1.41. The second kappa shape index (κ2) is 5.41. The molecule has 2 aromatic rings. The summed E-state index contributed by atoms with van der Waals surface area (Å²) in [5.74, 6) is -0.393. The van der Waals surface area contributed by atoms with E-state index in [1.54, 1.807) is 12.4 Å². The van der Waals surface area contributed by atoms with Crippen molar-refractivity contribution in [3.8, 4) is 0 Å². The van der Waals surface area contributed by atoms with Gasteiger partial charge in [-0.15, -0.1) is 11.3 Å². The Morgan fingerprint density at radius 1 is 1.65 bits per heavy atom. The zero-order valence-electron chi connectivity index (χ0n) is 10.8. The first kappa shape index (κ1) is 13.4. The second-order valence-corrected chi connectivity index (χ2v) is 6.34. The van der Waals surface area contributed by atoms with Gasteiger partial charge in [0.2, 0.25) is 0 Å². The van der Waals surface area contributed by atoms with Crippen LogP contribution in [0.2, 0.25) is 4.34 Å². The number of hydrogen-bond donors (Lipinski definition) is 1. The van der Waals surface area contributed by atoms with E-state index in [4.69, 9.17) is 16.3 Å². The van der Waals surface area contributed by atoms with E-state index in [-0.39, 0.29) is 11.9 Å². The van der Waals surface area contributed by atoms with E-state index >= 15 is 0 Å². The molecule has 0 amide bonds. The van der Waals surface area contributed by atoms with Gasteiger partial charge in [-0.2, -0.15) is 5.10 Å². The lowest BCUT2D eigenvalue weighted by Gasteiger charge is -2.31. The number of ether oxygens (including phenoxy) is 1. The standard InChI is InChI=1S/C12H13ClN4O2S/c1-19-12(18)7-2-8-9(3-15-16-8)17(5-7)6-11-14-4-10(13)20-11/h3-4,7H,2,5-6H2,1H3,(H,15,16). The second-order valence-electron chi connectivity index (χ2n) is 4.60. The molecule has 0 aliphatic carbocycles. The number of aromatic nitrogens is 3. The molecular formula is C12H13ClN4O2S. The Labute approximate surface area is 124 Å². The molecule has 1 aliphatic rings. The fourth-order valence-corrected chi connectivity index (χ4v) is 3.38. The van der Waals surface area contributed by atoms with Crippen LogP contribution < -0.4 is 4.90 Å². The molecule has 0 saturated carbocycles. The predicted molar refractivity (Wildman–Crippen MR) is 76.0 cm³/mol. The molecule has 106 valence electrons. The van der Waals surface area contributed by atoms with Crippen molar-refractivity contribution >= 4 is 34.6 Å². The van der Waals surface area contributed by atoms with E-state index < -0.39 is 0 Å². The van der Waals surface area contributed by atoms with Crippen molar-refractivity contribution < 1.29 is 9.53 Å².